The predicted octanol–water partition coefficient (Wildman–Crippen LogP) is 5.42. The highest BCUT2D eigenvalue weighted by Gasteiger charge is 2.50. The maximum atomic E-state index is 13.8. The van der Waals surface area contributed by atoms with Gasteiger partial charge in [-0.1, -0.05) is 64.1 Å². The van der Waals surface area contributed by atoms with Gasteiger partial charge in [0.05, 0.1) is 18.9 Å². The van der Waals surface area contributed by atoms with Gasteiger partial charge < -0.3 is 14.5 Å². The number of ether oxygens (including phenoxy) is 1. The van der Waals surface area contributed by atoms with Crippen LogP contribution in [0.15, 0.2) is 83.2 Å². The highest BCUT2D eigenvalue weighted by molar-refractivity contribution is 6.06. The quantitative estimate of drug-likeness (QED) is 0.314. The number of carbonyl (C=O) groups excluding carboxylic acids is 2. The summed E-state index contributed by atoms with van der Waals surface area (Å²) in [6.07, 6.45) is 3.87. The van der Waals surface area contributed by atoms with Crippen LogP contribution in [0.3, 0.4) is 0 Å². The first-order valence-electron chi connectivity index (χ1n) is 12.8. The van der Waals surface area contributed by atoms with Gasteiger partial charge in [-0.3, -0.25) is 4.79 Å². The van der Waals surface area contributed by atoms with Crippen LogP contribution in [0.5, 0.6) is 0 Å². The standard InChI is InChI=1S/C32H33N3O3/c1-31(2)22-12-8-10-14-24(22)34(5)26(31)16-19-28(21(18-33)30(37)38-7)20(29(19)36)17-27-32(3,4)23-13-9-11-15-25(23)35(27)6/h8-17,19-20H,1-7H3/b26-16-,27-17-,28-21?. The molecule has 0 radical (unpaired) electrons. The van der Waals surface area contributed by atoms with Crippen molar-refractivity contribution in [2.45, 2.75) is 38.5 Å². The number of hydrogen-bond acceptors (Lipinski definition) is 6. The van der Waals surface area contributed by atoms with E-state index < -0.39 is 17.8 Å². The number of benzene rings is 2. The summed E-state index contributed by atoms with van der Waals surface area (Å²) >= 11 is 0. The van der Waals surface area contributed by atoms with Crippen LogP contribution in [0.1, 0.15) is 38.8 Å². The molecule has 1 fully saturated rings. The number of fused-ring (bicyclic) bond motifs is 2. The van der Waals surface area contributed by atoms with Gasteiger partial charge in [0, 0.05) is 47.7 Å². The molecule has 1 aliphatic carbocycles. The average Bonchev–Trinajstić information content (AvgIpc) is 3.22. The van der Waals surface area contributed by atoms with Crippen LogP contribution < -0.4 is 9.80 Å². The molecule has 2 heterocycles. The molecule has 5 rings (SSSR count). The molecule has 1 saturated carbocycles. The Morgan fingerprint density at radius 3 is 1.66 bits per heavy atom. The number of hydrogen-bond donors (Lipinski definition) is 0. The van der Waals surface area contributed by atoms with E-state index >= 15 is 0 Å². The molecule has 0 bridgehead atoms. The van der Waals surface area contributed by atoms with Gasteiger partial charge in [-0.05, 0) is 41.0 Å². The van der Waals surface area contributed by atoms with E-state index in [-0.39, 0.29) is 22.2 Å². The van der Waals surface area contributed by atoms with E-state index in [0.717, 1.165) is 22.8 Å². The number of nitrogens with zero attached hydrogens (tertiary/aromatic N) is 3. The van der Waals surface area contributed by atoms with Gasteiger partial charge in [-0.25, -0.2) is 4.79 Å². The first-order valence-corrected chi connectivity index (χ1v) is 12.8. The largest absolute Gasteiger partial charge is 0.465 e. The van der Waals surface area contributed by atoms with E-state index in [1.165, 1.54) is 18.2 Å². The second-order valence-corrected chi connectivity index (χ2v) is 11.3. The normalized spacial score (nSPS) is 24.7. The number of rotatable bonds is 3. The maximum absolute atomic E-state index is 13.8. The molecular weight excluding hydrogens is 474 g/mol. The number of esters is 1. The Balaban J connectivity index is 1.63. The van der Waals surface area contributed by atoms with Crippen LogP contribution in [0.4, 0.5) is 11.4 Å². The van der Waals surface area contributed by atoms with Crippen LogP contribution in [0.25, 0.3) is 0 Å². The molecule has 0 spiro atoms. The van der Waals surface area contributed by atoms with E-state index in [9.17, 15) is 14.9 Å². The Morgan fingerprint density at radius 1 is 0.868 bits per heavy atom. The summed E-state index contributed by atoms with van der Waals surface area (Å²) in [5.41, 5.74) is 6.17. The first-order chi connectivity index (χ1) is 18.0. The summed E-state index contributed by atoms with van der Waals surface area (Å²) < 4.78 is 4.96. The molecule has 2 aromatic rings. The molecule has 0 amide bonds. The molecule has 2 aliphatic heterocycles. The number of ketones is 1. The Morgan fingerprint density at radius 2 is 1.29 bits per heavy atom. The van der Waals surface area contributed by atoms with E-state index in [1.54, 1.807) is 0 Å². The summed E-state index contributed by atoms with van der Waals surface area (Å²) in [4.78, 5) is 30.7. The van der Waals surface area contributed by atoms with Gasteiger partial charge in [0.25, 0.3) is 0 Å². The summed E-state index contributed by atoms with van der Waals surface area (Å²) in [7, 11) is 5.24. The summed E-state index contributed by atoms with van der Waals surface area (Å²) in [5, 5.41) is 10.0. The average molecular weight is 508 g/mol. The lowest BCUT2D eigenvalue weighted by atomic mass is 9.64. The molecule has 3 aliphatic rings. The van der Waals surface area contributed by atoms with Gasteiger partial charge in [0.1, 0.15) is 11.6 Å². The van der Waals surface area contributed by atoms with Crippen molar-refractivity contribution in [1.29, 1.82) is 5.26 Å². The summed E-state index contributed by atoms with van der Waals surface area (Å²) in [6.45, 7) is 8.52. The SMILES string of the molecule is COC(=O)C(C#N)=C1C(/C=C2\N(C)c3ccccc3C2(C)C)C(=O)C1/C=C1\N(C)c2ccccc2C1(C)C. The Labute approximate surface area is 224 Å². The van der Waals surface area contributed by atoms with E-state index in [1.807, 2.05) is 50.5 Å². The Kier molecular flexibility index (Phi) is 5.87. The number of allylic oxidation sites excluding steroid dienone is 5. The molecule has 2 unspecified atom stereocenters. The van der Waals surface area contributed by atoms with E-state index in [2.05, 4.69) is 67.8 Å². The zero-order chi connectivity index (χ0) is 27.6. The Bertz CT molecular complexity index is 1410. The number of Topliss-reactive ketones (excluding diaryl/α,β-unsaturated/α-hetero) is 1. The highest BCUT2D eigenvalue weighted by atomic mass is 16.5. The van der Waals surface area contributed by atoms with Crippen LogP contribution in [-0.4, -0.2) is 33.0 Å². The molecule has 0 saturated heterocycles. The minimum Gasteiger partial charge on any atom is -0.465 e. The third kappa shape index (κ3) is 3.45. The van der Waals surface area contributed by atoms with Gasteiger partial charge in [0.15, 0.2) is 5.78 Å². The maximum Gasteiger partial charge on any atom is 0.348 e. The third-order valence-electron chi connectivity index (χ3n) is 8.60. The molecular formula is C32H33N3O3. The summed E-state index contributed by atoms with van der Waals surface area (Å²) in [5.74, 6) is -2.12. The third-order valence-corrected chi connectivity index (χ3v) is 8.60. The number of para-hydroxylation sites is 2. The highest BCUT2D eigenvalue weighted by Crippen LogP contribution is 2.52. The fourth-order valence-electron chi connectivity index (χ4n) is 6.50. The second-order valence-electron chi connectivity index (χ2n) is 11.3. The predicted molar refractivity (Wildman–Crippen MR) is 149 cm³/mol. The fraction of sp³-hybridized carbons (Fsp3) is 0.344. The molecule has 2 aromatic carbocycles. The zero-order valence-electron chi connectivity index (χ0n) is 23.0. The smallest absolute Gasteiger partial charge is 0.348 e. The van der Waals surface area contributed by atoms with Crippen molar-refractivity contribution in [3.63, 3.8) is 0 Å². The van der Waals surface area contributed by atoms with Crippen LogP contribution >= 0.6 is 0 Å². The van der Waals surface area contributed by atoms with Gasteiger partial charge in [-0.2, -0.15) is 5.26 Å². The molecule has 6 nitrogen and oxygen atoms in total. The van der Waals surface area contributed by atoms with Crippen molar-refractivity contribution in [2.75, 3.05) is 31.0 Å². The molecule has 194 valence electrons. The van der Waals surface area contributed by atoms with Crippen molar-refractivity contribution in [3.8, 4) is 6.07 Å². The number of nitriles is 1. The number of methoxy groups -OCH3 is 1. The molecule has 38 heavy (non-hydrogen) atoms. The minimum absolute atomic E-state index is 0.0306. The second kappa shape index (κ2) is 8.73. The van der Waals surface area contributed by atoms with Crippen LogP contribution in [0, 0.1) is 23.2 Å². The Hall–Kier alpha value is -4.11. The fourth-order valence-corrected chi connectivity index (χ4v) is 6.50. The zero-order valence-corrected chi connectivity index (χ0v) is 23.0. The van der Waals surface area contributed by atoms with E-state index in [4.69, 9.17) is 4.74 Å². The lowest BCUT2D eigenvalue weighted by molar-refractivity contribution is -0.135. The van der Waals surface area contributed by atoms with Gasteiger partial charge in [-0.15, -0.1) is 0 Å². The molecule has 0 aromatic heterocycles. The van der Waals surface area contributed by atoms with Crippen molar-refractivity contribution < 1.29 is 14.3 Å². The number of carbonyl (C=O) groups is 2. The van der Waals surface area contributed by atoms with Crippen molar-refractivity contribution in [2.24, 2.45) is 11.8 Å². The van der Waals surface area contributed by atoms with Crippen LogP contribution in [-0.2, 0) is 25.2 Å². The van der Waals surface area contributed by atoms with Gasteiger partial charge in [0.2, 0.25) is 0 Å². The lowest BCUT2D eigenvalue weighted by Gasteiger charge is -2.38. The van der Waals surface area contributed by atoms with Gasteiger partial charge >= 0.3 is 5.97 Å². The number of likely N-dealkylation sites (N-methyl/N-ethyl adjacent to an activating group) is 2. The monoisotopic (exact) mass is 507 g/mol. The molecule has 2 atom stereocenters. The number of anilines is 2. The minimum atomic E-state index is -0.716. The van der Waals surface area contributed by atoms with Crippen molar-refractivity contribution >= 4 is 23.1 Å². The van der Waals surface area contributed by atoms with Crippen molar-refractivity contribution in [1.82, 2.24) is 0 Å². The first kappa shape index (κ1) is 25.5. The summed E-state index contributed by atoms with van der Waals surface area (Å²) in [6, 6.07) is 18.4. The van der Waals surface area contributed by atoms with Crippen molar-refractivity contribution in [3.05, 3.63) is 94.4 Å². The molecule has 0 N–H and O–H groups in total. The molecule has 6 heteroatoms. The topological polar surface area (TPSA) is 73.6 Å². The van der Waals surface area contributed by atoms with Crippen LogP contribution in [0.2, 0.25) is 0 Å². The van der Waals surface area contributed by atoms with E-state index in [0.29, 0.717) is 5.57 Å². The lowest BCUT2D eigenvalue weighted by Crippen LogP contribution is -2.42.